The Labute approximate surface area is 125 Å². The molecule has 0 aliphatic heterocycles. The topological polar surface area (TPSA) is 65.5 Å². The summed E-state index contributed by atoms with van der Waals surface area (Å²) < 4.78 is 12.8. The lowest BCUT2D eigenvalue weighted by Gasteiger charge is -2.20. The van der Waals surface area contributed by atoms with Crippen molar-refractivity contribution in [2.75, 3.05) is 18.9 Å². The second-order valence-corrected chi connectivity index (χ2v) is 5.16. The highest BCUT2D eigenvalue weighted by Crippen LogP contribution is 2.07. The molecular formula is C15H23FN4O. The van der Waals surface area contributed by atoms with E-state index in [1.54, 1.807) is 7.05 Å². The summed E-state index contributed by atoms with van der Waals surface area (Å²) in [7, 11) is 1.65. The molecule has 0 bridgehead atoms. The number of rotatable bonds is 5. The van der Waals surface area contributed by atoms with Crippen molar-refractivity contribution in [2.45, 2.75) is 26.8 Å². The molecule has 0 spiro atoms. The van der Waals surface area contributed by atoms with E-state index in [1.807, 2.05) is 0 Å². The Kier molecular flexibility index (Phi) is 6.65. The van der Waals surface area contributed by atoms with Crippen LogP contribution in [0.4, 0.5) is 10.1 Å². The lowest BCUT2D eigenvalue weighted by atomic mass is 10.1. The van der Waals surface area contributed by atoms with E-state index in [4.69, 9.17) is 0 Å². The maximum Gasteiger partial charge on any atom is 0.243 e. The molecular weight excluding hydrogens is 271 g/mol. The average Bonchev–Trinajstić information content (AvgIpc) is 2.45. The molecule has 0 aliphatic carbocycles. The predicted octanol–water partition coefficient (Wildman–Crippen LogP) is 1.97. The van der Waals surface area contributed by atoms with Gasteiger partial charge in [0.1, 0.15) is 5.82 Å². The molecule has 1 unspecified atom stereocenters. The number of nitrogens with one attached hydrogen (secondary N) is 3. The van der Waals surface area contributed by atoms with E-state index in [9.17, 15) is 9.18 Å². The number of benzene rings is 1. The molecule has 1 aromatic rings. The minimum absolute atomic E-state index is 0.0852. The summed E-state index contributed by atoms with van der Waals surface area (Å²) in [5, 5.41) is 8.82. The summed E-state index contributed by atoms with van der Waals surface area (Å²) in [6.45, 7) is 6.34. The quantitative estimate of drug-likeness (QED) is 0.574. The van der Waals surface area contributed by atoms with E-state index in [0.29, 0.717) is 17.6 Å². The van der Waals surface area contributed by atoms with E-state index in [2.05, 4.69) is 41.7 Å². The van der Waals surface area contributed by atoms with Crippen molar-refractivity contribution in [3.05, 3.63) is 30.1 Å². The molecule has 1 amide bonds. The number of carbonyl (C=O) groups excluding carboxylic acids is 1. The Morgan fingerprint density at radius 3 is 2.38 bits per heavy atom. The van der Waals surface area contributed by atoms with Crippen molar-refractivity contribution in [1.29, 1.82) is 0 Å². The van der Waals surface area contributed by atoms with E-state index < -0.39 is 0 Å². The van der Waals surface area contributed by atoms with Gasteiger partial charge < -0.3 is 16.0 Å². The first kappa shape index (κ1) is 16.9. The molecule has 0 saturated heterocycles. The fraction of sp³-hybridized carbons (Fsp3) is 0.467. The van der Waals surface area contributed by atoms with Crippen LogP contribution in [-0.2, 0) is 4.79 Å². The highest BCUT2D eigenvalue weighted by molar-refractivity contribution is 5.94. The van der Waals surface area contributed by atoms with E-state index >= 15 is 0 Å². The number of hydrogen-bond acceptors (Lipinski definition) is 2. The van der Waals surface area contributed by atoms with Crippen LogP contribution in [0.3, 0.4) is 0 Å². The minimum atomic E-state index is -0.335. The molecule has 3 N–H and O–H groups in total. The monoisotopic (exact) mass is 294 g/mol. The zero-order valence-electron chi connectivity index (χ0n) is 12.9. The molecule has 116 valence electrons. The molecule has 1 aromatic carbocycles. The average molecular weight is 294 g/mol. The maximum absolute atomic E-state index is 12.8. The number of nitrogens with zero attached hydrogens (tertiary/aromatic N) is 1. The van der Waals surface area contributed by atoms with Gasteiger partial charge >= 0.3 is 0 Å². The van der Waals surface area contributed by atoms with Gasteiger partial charge in [0, 0.05) is 18.8 Å². The Balaban J connectivity index is 2.42. The molecule has 0 aromatic heterocycles. The molecule has 6 heteroatoms. The van der Waals surface area contributed by atoms with Crippen LogP contribution in [0.2, 0.25) is 0 Å². The molecule has 0 heterocycles. The van der Waals surface area contributed by atoms with Crippen LogP contribution in [-0.4, -0.2) is 31.5 Å². The number of hydrogen-bond donors (Lipinski definition) is 3. The van der Waals surface area contributed by atoms with Crippen LogP contribution in [0, 0.1) is 11.7 Å². The third-order valence-electron chi connectivity index (χ3n) is 3.13. The molecule has 1 rings (SSSR count). The lowest BCUT2D eigenvalue weighted by molar-refractivity contribution is -0.115. The van der Waals surface area contributed by atoms with Gasteiger partial charge in [-0.05, 0) is 37.1 Å². The van der Waals surface area contributed by atoms with E-state index in [-0.39, 0.29) is 24.3 Å². The van der Waals surface area contributed by atoms with Crippen LogP contribution in [0.1, 0.15) is 20.8 Å². The molecule has 5 nitrogen and oxygen atoms in total. The second-order valence-electron chi connectivity index (χ2n) is 5.16. The summed E-state index contributed by atoms with van der Waals surface area (Å²) in [5.41, 5.74) is 0.557. The summed E-state index contributed by atoms with van der Waals surface area (Å²) in [6.07, 6.45) is 0. The van der Waals surface area contributed by atoms with E-state index in [0.717, 1.165) is 0 Å². The van der Waals surface area contributed by atoms with Crippen molar-refractivity contribution >= 4 is 17.6 Å². The first-order valence-electron chi connectivity index (χ1n) is 6.95. The fourth-order valence-corrected chi connectivity index (χ4v) is 1.48. The smallest absolute Gasteiger partial charge is 0.243 e. The Morgan fingerprint density at radius 1 is 1.24 bits per heavy atom. The predicted molar refractivity (Wildman–Crippen MR) is 83.8 cm³/mol. The van der Waals surface area contributed by atoms with E-state index in [1.165, 1.54) is 24.3 Å². The Bertz CT molecular complexity index is 485. The van der Waals surface area contributed by atoms with Crippen LogP contribution in [0.25, 0.3) is 0 Å². The Morgan fingerprint density at radius 2 is 1.86 bits per heavy atom. The van der Waals surface area contributed by atoms with Crippen LogP contribution >= 0.6 is 0 Å². The summed E-state index contributed by atoms with van der Waals surface area (Å²) >= 11 is 0. The van der Waals surface area contributed by atoms with Gasteiger partial charge in [-0.3, -0.25) is 9.79 Å². The third-order valence-corrected chi connectivity index (χ3v) is 3.13. The van der Waals surface area contributed by atoms with Gasteiger partial charge in [0.25, 0.3) is 0 Å². The number of halogens is 1. The van der Waals surface area contributed by atoms with Gasteiger partial charge in [0.15, 0.2) is 5.96 Å². The molecule has 0 aliphatic rings. The standard InChI is InChI=1S/C15H23FN4O/c1-10(2)11(3)19-15(17-4)18-9-14(21)20-13-7-5-12(16)6-8-13/h5-8,10-11H,9H2,1-4H3,(H,20,21)(H2,17,18,19). The minimum Gasteiger partial charge on any atom is -0.354 e. The van der Waals surface area contributed by atoms with Gasteiger partial charge in [0.05, 0.1) is 6.54 Å². The molecule has 21 heavy (non-hydrogen) atoms. The van der Waals surface area contributed by atoms with Gasteiger partial charge in [-0.1, -0.05) is 13.8 Å². The summed E-state index contributed by atoms with van der Waals surface area (Å²) in [6, 6.07) is 5.88. The molecule has 0 fully saturated rings. The molecule has 0 saturated carbocycles. The van der Waals surface area contributed by atoms with Crippen molar-refractivity contribution in [3.8, 4) is 0 Å². The number of carbonyl (C=O) groups is 1. The second kappa shape index (κ2) is 8.24. The van der Waals surface area contributed by atoms with Crippen molar-refractivity contribution in [1.82, 2.24) is 10.6 Å². The number of anilines is 1. The van der Waals surface area contributed by atoms with Crippen molar-refractivity contribution in [3.63, 3.8) is 0 Å². The van der Waals surface area contributed by atoms with Crippen molar-refractivity contribution < 1.29 is 9.18 Å². The SMILES string of the molecule is CN=C(NCC(=O)Nc1ccc(F)cc1)NC(C)C(C)C. The number of aliphatic imine (C=N–C) groups is 1. The van der Waals surface area contributed by atoms with Crippen LogP contribution < -0.4 is 16.0 Å². The normalized spacial score (nSPS) is 13.0. The summed E-state index contributed by atoms with van der Waals surface area (Å²) in [5.74, 6) is 0.474. The highest BCUT2D eigenvalue weighted by Gasteiger charge is 2.10. The zero-order chi connectivity index (χ0) is 15.8. The zero-order valence-corrected chi connectivity index (χ0v) is 12.9. The maximum atomic E-state index is 12.8. The highest BCUT2D eigenvalue weighted by atomic mass is 19.1. The third kappa shape index (κ3) is 6.25. The van der Waals surface area contributed by atoms with Gasteiger partial charge in [-0.2, -0.15) is 0 Å². The molecule has 0 radical (unpaired) electrons. The lowest BCUT2D eigenvalue weighted by Crippen LogP contribution is -2.46. The first-order chi connectivity index (χ1) is 9.92. The number of amides is 1. The van der Waals surface area contributed by atoms with Gasteiger partial charge in [-0.25, -0.2) is 4.39 Å². The van der Waals surface area contributed by atoms with Crippen molar-refractivity contribution in [2.24, 2.45) is 10.9 Å². The Hall–Kier alpha value is -2.11. The van der Waals surface area contributed by atoms with Gasteiger partial charge in [0.2, 0.25) is 5.91 Å². The van der Waals surface area contributed by atoms with Crippen LogP contribution in [0.5, 0.6) is 0 Å². The largest absolute Gasteiger partial charge is 0.354 e. The van der Waals surface area contributed by atoms with Crippen LogP contribution in [0.15, 0.2) is 29.3 Å². The fourth-order valence-electron chi connectivity index (χ4n) is 1.48. The molecule has 1 atom stereocenters. The summed E-state index contributed by atoms with van der Waals surface area (Å²) in [4.78, 5) is 15.9. The number of guanidine groups is 1. The first-order valence-corrected chi connectivity index (χ1v) is 6.95. The van der Waals surface area contributed by atoms with Gasteiger partial charge in [-0.15, -0.1) is 0 Å².